The minimum absolute atomic E-state index is 0.127. The third-order valence-electron chi connectivity index (χ3n) is 2.97. The minimum atomic E-state index is -0.127. The molecule has 1 aromatic carbocycles. The maximum absolute atomic E-state index is 12.2. The van der Waals surface area contributed by atoms with Crippen LogP contribution in [0.2, 0.25) is 5.02 Å². The Labute approximate surface area is 107 Å². The standard InChI is InChI=1S/C13H17ClN2O/c1-13(2)9-12(17)16(8-7-15-13)11-5-3-10(14)4-6-11/h3-6,15H,7-9H2,1-2H3. The zero-order chi connectivity index (χ0) is 12.5. The van der Waals surface area contributed by atoms with Gasteiger partial charge in [0.15, 0.2) is 0 Å². The molecule has 1 aromatic rings. The van der Waals surface area contributed by atoms with Crippen LogP contribution in [0.5, 0.6) is 0 Å². The molecule has 1 aliphatic rings. The van der Waals surface area contributed by atoms with E-state index in [1.54, 1.807) is 0 Å². The molecule has 1 saturated heterocycles. The van der Waals surface area contributed by atoms with Crippen LogP contribution in [0.25, 0.3) is 0 Å². The number of amides is 1. The normalized spacial score (nSPS) is 20.2. The maximum atomic E-state index is 12.2. The largest absolute Gasteiger partial charge is 0.311 e. The summed E-state index contributed by atoms with van der Waals surface area (Å²) in [5.41, 5.74) is 0.789. The number of anilines is 1. The number of halogens is 1. The minimum Gasteiger partial charge on any atom is -0.311 e. The van der Waals surface area contributed by atoms with Crippen LogP contribution in [0.3, 0.4) is 0 Å². The van der Waals surface area contributed by atoms with Gasteiger partial charge in [0.2, 0.25) is 5.91 Å². The van der Waals surface area contributed by atoms with Crippen molar-refractivity contribution in [1.29, 1.82) is 0 Å². The third-order valence-corrected chi connectivity index (χ3v) is 3.22. The predicted molar refractivity (Wildman–Crippen MR) is 70.5 cm³/mol. The molecule has 0 spiro atoms. The molecule has 3 nitrogen and oxygen atoms in total. The summed E-state index contributed by atoms with van der Waals surface area (Å²) in [5.74, 6) is 0.155. The molecule has 2 rings (SSSR count). The molecular weight excluding hydrogens is 236 g/mol. The van der Waals surface area contributed by atoms with Crippen molar-refractivity contribution in [3.8, 4) is 0 Å². The number of benzene rings is 1. The summed E-state index contributed by atoms with van der Waals surface area (Å²) in [4.78, 5) is 14.0. The van der Waals surface area contributed by atoms with Crippen molar-refractivity contribution in [3.63, 3.8) is 0 Å². The van der Waals surface area contributed by atoms with E-state index in [9.17, 15) is 4.79 Å². The monoisotopic (exact) mass is 252 g/mol. The summed E-state index contributed by atoms with van der Waals surface area (Å²) in [5, 5.41) is 4.06. The van der Waals surface area contributed by atoms with Gasteiger partial charge in [0.25, 0.3) is 0 Å². The lowest BCUT2D eigenvalue weighted by molar-refractivity contribution is -0.119. The molecule has 1 aliphatic heterocycles. The number of rotatable bonds is 1. The molecule has 0 saturated carbocycles. The van der Waals surface area contributed by atoms with Gasteiger partial charge in [0.05, 0.1) is 0 Å². The molecule has 1 N–H and O–H groups in total. The average Bonchev–Trinajstić information content (AvgIpc) is 2.37. The van der Waals surface area contributed by atoms with E-state index in [0.29, 0.717) is 18.0 Å². The second kappa shape index (κ2) is 4.67. The van der Waals surface area contributed by atoms with Crippen molar-refractivity contribution >= 4 is 23.2 Å². The van der Waals surface area contributed by atoms with Crippen molar-refractivity contribution in [2.45, 2.75) is 25.8 Å². The molecule has 17 heavy (non-hydrogen) atoms. The highest BCUT2D eigenvalue weighted by Gasteiger charge is 2.28. The molecule has 1 fully saturated rings. The van der Waals surface area contributed by atoms with Gasteiger partial charge < -0.3 is 10.2 Å². The van der Waals surface area contributed by atoms with Crippen LogP contribution in [-0.4, -0.2) is 24.5 Å². The van der Waals surface area contributed by atoms with Gasteiger partial charge in [-0.3, -0.25) is 4.79 Å². The smallest absolute Gasteiger partial charge is 0.228 e. The Balaban J connectivity index is 2.21. The Bertz CT molecular complexity index is 414. The second-order valence-corrected chi connectivity index (χ2v) is 5.45. The van der Waals surface area contributed by atoms with Crippen molar-refractivity contribution in [1.82, 2.24) is 5.32 Å². The van der Waals surface area contributed by atoms with Crippen molar-refractivity contribution in [3.05, 3.63) is 29.3 Å². The van der Waals surface area contributed by atoms with E-state index in [4.69, 9.17) is 11.6 Å². The molecule has 0 aliphatic carbocycles. The van der Waals surface area contributed by atoms with Gasteiger partial charge in [-0.2, -0.15) is 0 Å². The predicted octanol–water partition coefficient (Wildman–Crippen LogP) is 2.44. The van der Waals surface area contributed by atoms with E-state index in [2.05, 4.69) is 19.2 Å². The zero-order valence-electron chi connectivity index (χ0n) is 10.2. The summed E-state index contributed by atoms with van der Waals surface area (Å²) in [7, 11) is 0. The average molecular weight is 253 g/mol. The summed E-state index contributed by atoms with van der Waals surface area (Å²) in [6.45, 7) is 5.61. The highest BCUT2D eigenvalue weighted by Crippen LogP contribution is 2.22. The Hall–Kier alpha value is -1.06. The number of carbonyl (C=O) groups excluding carboxylic acids is 1. The fraction of sp³-hybridized carbons (Fsp3) is 0.462. The lowest BCUT2D eigenvalue weighted by atomic mass is 10.0. The molecule has 0 radical (unpaired) electrons. The van der Waals surface area contributed by atoms with Gasteiger partial charge in [-0.25, -0.2) is 0 Å². The first-order valence-electron chi connectivity index (χ1n) is 5.79. The van der Waals surface area contributed by atoms with Gasteiger partial charge >= 0.3 is 0 Å². The fourth-order valence-electron chi connectivity index (χ4n) is 2.06. The fourth-order valence-corrected chi connectivity index (χ4v) is 2.19. The Kier molecular flexibility index (Phi) is 3.40. The van der Waals surface area contributed by atoms with Gasteiger partial charge in [-0.15, -0.1) is 0 Å². The zero-order valence-corrected chi connectivity index (χ0v) is 10.9. The third kappa shape index (κ3) is 2.99. The summed E-state index contributed by atoms with van der Waals surface area (Å²) < 4.78 is 0. The van der Waals surface area contributed by atoms with Crippen LogP contribution in [0.1, 0.15) is 20.3 Å². The Morgan fingerprint density at radius 2 is 1.94 bits per heavy atom. The number of nitrogens with one attached hydrogen (secondary N) is 1. The summed E-state index contributed by atoms with van der Waals surface area (Å²) in [6.07, 6.45) is 0.510. The molecule has 4 heteroatoms. The van der Waals surface area contributed by atoms with E-state index in [1.807, 2.05) is 29.2 Å². The SMILES string of the molecule is CC1(C)CC(=O)N(c2ccc(Cl)cc2)CCN1. The van der Waals surface area contributed by atoms with Crippen LogP contribution in [0, 0.1) is 0 Å². The van der Waals surface area contributed by atoms with Crippen molar-refractivity contribution in [2.75, 3.05) is 18.0 Å². The summed E-state index contributed by atoms with van der Waals surface area (Å²) in [6, 6.07) is 7.40. The molecule has 1 amide bonds. The molecule has 92 valence electrons. The van der Waals surface area contributed by atoms with E-state index in [-0.39, 0.29) is 11.4 Å². The van der Waals surface area contributed by atoms with Crippen LogP contribution >= 0.6 is 11.6 Å². The van der Waals surface area contributed by atoms with E-state index < -0.39 is 0 Å². The first-order chi connectivity index (χ1) is 7.98. The first kappa shape index (κ1) is 12.4. The summed E-state index contributed by atoms with van der Waals surface area (Å²) >= 11 is 5.85. The quantitative estimate of drug-likeness (QED) is 0.833. The molecule has 0 bridgehead atoms. The Morgan fingerprint density at radius 3 is 2.59 bits per heavy atom. The van der Waals surface area contributed by atoms with Crippen LogP contribution in [0.4, 0.5) is 5.69 Å². The molecule has 1 heterocycles. The number of nitrogens with zero attached hydrogens (tertiary/aromatic N) is 1. The highest BCUT2D eigenvalue weighted by molar-refractivity contribution is 6.30. The second-order valence-electron chi connectivity index (χ2n) is 5.01. The van der Waals surface area contributed by atoms with Crippen LogP contribution < -0.4 is 10.2 Å². The van der Waals surface area contributed by atoms with E-state index in [0.717, 1.165) is 12.2 Å². The number of carbonyl (C=O) groups is 1. The number of hydrogen-bond acceptors (Lipinski definition) is 2. The van der Waals surface area contributed by atoms with Gasteiger partial charge in [-0.1, -0.05) is 11.6 Å². The maximum Gasteiger partial charge on any atom is 0.228 e. The number of hydrogen-bond donors (Lipinski definition) is 1. The topological polar surface area (TPSA) is 32.3 Å². The van der Waals surface area contributed by atoms with Crippen LogP contribution in [-0.2, 0) is 4.79 Å². The lowest BCUT2D eigenvalue weighted by Gasteiger charge is -2.23. The first-order valence-corrected chi connectivity index (χ1v) is 6.17. The molecule has 0 unspecified atom stereocenters. The Morgan fingerprint density at radius 1 is 1.29 bits per heavy atom. The lowest BCUT2D eigenvalue weighted by Crippen LogP contribution is -2.39. The highest BCUT2D eigenvalue weighted by atomic mass is 35.5. The molecular formula is C13H17ClN2O. The van der Waals surface area contributed by atoms with Gasteiger partial charge in [0, 0.05) is 35.8 Å². The molecule has 0 aromatic heterocycles. The van der Waals surface area contributed by atoms with Crippen molar-refractivity contribution in [2.24, 2.45) is 0 Å². The van der Waals surface area contributed by atoms with E-state index >= 15 is 0 Å². The van der Waals surface area contributed by atoms with Crippen molar-refractivity contribution < 1.29 is 4.79 Å². The molecule has 0 atom stereocenters. The van der Waals surface area contributed by atoms with Gasteiger partial charge in [-0.05, 0) is 38.1 Å². The van der Waals surface area contributed by atoms with Gasteiger partial charge in [0.1, 0.15) is 0 Å². The van der Waals surface area contributed by atoms with Crippen LogP contribution in [0.15, 0.2) is 24.3 Å². The van der Waals surface area contributed by atoms with E-state index in [1.165, 1.54) is 0 Å².